The van der Waals surface area contributed by atoms with Crippen molar-refractivity contribution in [3.63, 3.8) is 0 Å². The van der Waals surface area contributed by atoms with Gasteiger partial charge in [0.1, 0.15) is 11.8 Å². The van der Waals surface area contributed by atoms with Crippen molar-refractivity contribution in [2.75, 3.05) is 6.61 Å². The highest BCUT2D eigenvalue weighted by molar-refractivity contribution is 5.87. The molecule has 166 valence electrons. The number of rotatable bonds is 10. The molecule has 5 heteroatoms. The first-order chi connectivity index (χ1) is 15.0. The molecule has 0 unspecified atom stereocenters. The third-order valence-corrected chi connectivity index (χ3v) is 5.85. The van der Waals surface area contributed by atoms with E-state index in [0.29, 0.717) is 26.0 Å². The van der Waals surface area contributed by atoms with Crippen molar-refractivity contribution in [2.45, 2.75) is 71.0 Å². The van der Waals surface area contributed by atoms with Gasteiger partial charge in [0, 0.05) is 19.0 Å². The van der Waals surface area contributed by atoms with E-state index in [0.717, 1.165) is 42.6 Å². The Hall–Kier alpha value is -2.82. The molecular formula is C26H34N2O3. The first-order valence-electron chi connectivity index (χ1n) is 11.4. The summed E-state index contributed by atoms with van der Waals surface area (Å²) < 4.78 is 5.72. The molecule has 1 aliphatic carbocycles. The smallest absolute Gasteiger partial charge is 0.242 e. The minimum absolute atomic E-state index is 0.0211. The first-order valence-corrected chi connectivity index (χ1v) is 11.4. The molecular weight excluding hydrogens is 388 g/mol. The minimum Gasteiger partial charge on any atom is -0.494 e. The van der Waals surface area contributed by atoms with Gasteiger partial charge in [-0.2, -0.15) is 0 Å². The number of hydrogen-bond acceptors (Lipinski definition) is 3. The Morgan fingerprint density at radius 3 is 2.55 bits per heavy atom. The molecule has 1 saturated carbocycles. The Balaban J connectivity index is 1.60. The third-order valence-electron chi connectivity index (χ3n) is 5.85. The third kappa shape index (κ3) is 7.12. The van der Waals surface area contributed by atoms with E-state index < -0.39 is 6.04 Å². The second-order valence-corrected chi connectivity index (χ2v) is 8.44. The monoisotopic (exact) mass is 422 g/mol. The van der Waals surface area contributed by atoms with Crippen LogP contribution in [0.2, 0.25) is 0 Å². The number of ether oxygens (including phenoxy) is 1. The predicted octanol–water partition coefficient (Wildman–Crippen LogP) is 4.63. The van der Waals surface area contributed by atoms with Gasteiger partial charge in [0.05, 0.1) is 6.61 Å². The second-order valence-electron chi connectivity index (χ2n) is 8.44. The standard InChI is InChI=1S/C26H34N2O3/c1-20-10-8-11-22(18-20)19-28(21(2)26(30)27-23-12-6-7-13-23)25(29)16-9-17-31-24-14-4-3-5-15-24/h3-5,8,10-11,14-15,18,21,23H,6-7,9,12-13,16-17,19H2,1-2H3,(H,27,30)/t21-/m0/s1. The maximum Gasteiger partial charge on any atom is 0.242 e. The van der Waals surface area contributed by atoms with E-state index in [1.165, 1.54) is 0 Å². The second kappa shape index (κ2) is 11.5. The number of para-hydroxylation sites is 1. The van der Waals surface area contributed by atoms with Gasteiger partial charge in [-0.25, -0.2) is 0 Å². The number of carbonyl (C=O) groups is 2. The molecule has 0 spiro atoms. The molecule has 0 aliphatic heterocycles. The zero-order valence-corrected chi connectivity index (χ0v) is 18.7. The van der Waals surface area contributed by atoms with Crippen LogP contribution < -0.4 is 10.1 Å². The lowest BCUT2D eigenvalue weighted by Crippen LogP contribution is -2.49. The number of amides is 2. The van der Waals surface area contributed by atoms with Crippen LogP contribution in [0.5, 0.6) is 5.75 Å². The molecule has 5 nitrogen and oxygen atoms in total. The van der Waals surface area contributed by atoms with Gasteiger partial charge in [-0.1, -0.05) is 60.9 Å². The van der Waals surface area contributed by atoms with E-state index in [1.807, 2.05) is 62.4 Å². The Bertz CT molecular complexity index is 847. The summed E-state index contributed by atoms with van der Waals surface area (Å²) in [5.74, 6) is 0.719. The van der Waals surface area contributed by atoms with Gasteiger partial charge in [-0.15, -0.1) is 0 Å². The molecule has 0 saturated heterocycles. The lowest BCUT2D eigenvalue weighted by Gasteiger charge is -2.30. The molecule has 0 aromatic heterocycles. The van der Waals surface area contributed by atoms with Crippen LogP contribution >= 0.6 is 0 Å². The first kappa shape index (κ1) is 22.9. The molecule has 31 heavy (non-hydrogen) atoms. The lowest BCUT2D eigenvalue weighted by atomic mass is 10.1. The van der Waals surface area contributed by atoms with Crippen molar-refractivity contribution in [3.8, 4) is 5.75 Å². The molecule has 2 aromatic carbocycles. The number of nitrogens with one attached hydrogen (secondary N) is 1. The molecule has 2 aromatic rings. The Labute approximate surface area is 185 Å². The van der Waals surface area contributed by atoms with E-state index in [4.69, 9.17) is 4.74 Å². The Morgan fingerprint density at radius 1 is 1.10 bits per heavy atom. The summed E-state index contributed by atoms with van der Waals surface area (Å²) in [5.41, 5.74) is 2.18. The fourth-order valence-corrected chi connectivity index (χ4v) is 4.06. The highest BCUT2D eigenvalue weighted by atomic mass is 16.5. The van der Waals surface area contributed by atoms with Crippen LogP contribution in [0, 0.1) is 6.92 Å². The van der Waals surface area contributed by atoms with Gasteiger partial charge in [-0.05, 0) is 50.8 Å². The average Bonchev–Trinajstić information content (AvgIpc) is 3.28. The number of benzene rings is 2. The summed E-state index contributed by atoms with van der Waals surface area (Å²) >= 11 is 0. The van der Waals surface area contributed by atoms with Crippen LogP contribution in [-0.4, -0.2) is 35.4 Å². The zero-order valence-electron chi connectivity index (χ0n) is 18.7. The van der Waals surface area contributed by atoms with Crippen LogP contribution in [0.25, 0.3) is 0 Å². The van der Waals surface area contributed by atoms with E-state index in [2.05, 4.69) is 11.4 Å². The maximum absolute atomic E-state index is 13.1. The Kier molecular flexibility index (Phi) is 8.51. The van der Waals surface area contributed by atoms with Crippen LogP contribution in [0.3, 0.4) is 0 Å². The van der Waals surface area contributed by atoms with Gasteiger partial charge >= 0.3 is 0 Å². The molecule has 0 heterocycles. The summed E-state index contributed by atoms with van der Waals surface area (Å²) in [6, 6.07) is 17.4. The number of aryl methyl sites for hydroxylation is 1. The number of nitrogens with zero attached hydrogens (tertiary/aromatic N) is 1. The van der Waals surface area contributed by atoms with Crippen molar-refractivity contribution in [2.24, 2.45) is 0 Å². The van der Waals surface area contributed by atoms with Crippen LogP contribution in [0.15, 0.2) is 54.6 Å². The van der Waals surface area contributed by atoms with Gasteiger partial charge in [-0.3, -0.25) is 9.59 Å². The van der Waals surface area contributed by atoms with E-state index in [1.54, 1.807) is 4.90 Å². The van der Waals surface area contributed by atoms with Crippen LogP contribution in [-0.2, 0) is 16.1 Å². The van der Waals surface area contributed by atoms with Crippen molar-refractivity contribution < 1.29 is 14.3 Å². The summed E-state index contributed by atoms with van der Waals surface area (Å²) in [6.45, 7) is 4.77. The van der Waals surface area contributed by atoms with Crippen LogP contribution in [0.4, 0.5) is 0 Å². The highest BCUT2D eigenvalue weighted by Gasteiger charge is 2.28. The topological polar surface area (TPSA) is 58.6 Å². The molecule has 3 rings (SSSR count). The normalized spacial score (nSPS) is 14.8. The minimum atomic E-state index is -0.511. The average molecular weight is 423 g/mol. The van der Waals surface area contributed by atoms with Gasteiger partial charge in [0.2, 0.25) is 11.8 Å². The van der Waals surface area contributed by atoms with Gasteiger partial charge in [0.15, 0.2) is 0 Å². The van der Waals surface area contributed by atoms with Gasteiger partial charge < -0.3 is 15.0 Å². The van der Waals surface area contributed by atoms with Crippen molar-refractivity contribution >= 4 is 11.8 Å². The van der Waals surface area contributed by atoms with Crippen molar-refractivity contribution in [1.29, 1.82) is 0 Å². The molecule has 1 N–H and O–H groups in total. The lowest BCUT2D eigenvalue weighted by molar-refractivity contribution is -0.141. The molecule has 1 fully saturated rings. The molecule has 0 bridgehead atoms. The van der Waals surface area contributed by atoms with E-state index in [9.17, 15) is 9.59 Å². The SMILES string of the molecule is Cc1cccc(CN(C(=O)CCCOc2ccccc2)[C@@H](C)C(=O)NC2CCCC2)c1. The summed E-state index contributed by atoms with van der Waals surface area (Å²) in [7, 11) is 0. The zero-order chi connectivity index (χ0) is 22.1. The summed E-state index contributed by atoms with van der Waals surface area (Å²) in [4.78, 5) is 27.7. The molecule has 1 aliphatic rings. The molecule has 2 amide bonds. The predicted molar refractivity (Wildman–Crippen MR) is 123 cm³/mol. The summed E-state index contributed by atoms with van der Waals surface area (Å²) in [5, 5.41) is 3.14. The quantitative estimate of drug-likeness (QED) is 0.568. The fraction of sp³-hybridized carbons (Fsp3) is 0.462. The van der Waals surface area contributed by atoms with Crippen LogP contribution in [0.1, 0.15) is 56.6 Å². The largest absolute Gasteiger partial charge is 0.494 e. The van der Waals surface area contributed by atoms with Crippen molar-refractivity contribution in [1.82, 2.24) is 10.2 Å². The molecule has 0 radical (unpaired) electrons. The molecule has 1 atom stereocenters. The fourth-order valence-electron chi connectivity index (χ4n) is 4.06. The number of carbonyl (C=O) groups excluding carboxylic acids is 2. The highest BCUT2D eigenvalue weighted by Crippen LogP contribution is 2.19. The maximum atomic E-state index is 13.1. The van der Waals surface area contributed by atoms with E-state index in [-0.39, 0.29) is 17.9 Å². The number of hydrogen-bond donors (Lipinski definition) is 1. The summed E-state index contributed by atoms with van der Waals surface area (Å²) in [6.07, 6.45) is 5.33. The Morgan fingerprint density at radius 2 is 1.84 bits per heavy atom. The van der Waals surface area contributed by atoms with E-state index >= 15 is 0 Å². The van der Waals surface area contributed by atoms with Crippen molar-refractivity contribution in [3.05, 3.63) is 65.7 Å². The van der Waals surface area contributed by atoms with Gasteiger partial charge in [0.25, 0.3) is 0 Å².